The topological polar surface area (TPSA) is 66.9 Å². The lowest BCUT2D eigenvalue weighted by Gasteiger charge is -2.26. The van der Waals surface area contributed by atoms with E-state index in [2.05, 4.69) is 0 Å². The summed E-state index contributed by atoms with van der Waals surface area (Å²) in [6.45, 7) is 1.63. The van der Waals surface area contributed by atoms with Crippen LogP contribution < -0.4 is 9.64 Å². The molecule has 6 nitrogen and oxygen atoms in total. The summed E-state index contributed by atoms with van der Waals surface area (Å²) in [5.74, 6) is -0.316. The number of methoxy groups -OCH3 is 1. The third kappa shape index (κ3) is 3.95. The first-order valence-electron chi connectivity index (χ1n) is 8.43. The van der Waals surface area contributed by atoms with Crippen molar-refractivity contribution in [1.29, 1.82) is 0 Å². The van der Waals surface area contributed by atoms with Crippen molar-refractivity contribution in [2.75, 3.05) is 12.0 Å². The summed E-state index contributed by atoms with van der Waals surface area (Å²) >= 11 is 5.87. The Bertz CT molecular complexity index is 865. The van der Waals surface area contributed by atoms with Gasteiger partial charge >= 0.3 is 0 Å². The molecule has 1 fully saturated rings. The highest BCUT2D eigenvalue weighted by Crippen LogP contribution is 2.28. The van der Waals surface area contributed by atoms with Gasteiger partial charge in [0.1, 0.15) is 11.8 Å². The van der Waals surface area contributed by atoms with Crippen molar-refractivity contribution in [2.45, 2.75) is 25.9 Å². The first-order valence-corrected chi connectivity index (χ1v) is 8.81. The fourth-order valence-corrected chi connectivity index (χ4v) is 3.22. The third-order valence-corrected chi connectivity index (χ3v) is 4.75. The molecule has 1 heterocycles. The first-order chi connectivity index (χ1) is 12.9. The lowest BCUT2D eigenvalue weighted by molar-refractivity contribution is -0.137. The highest BCUT2D eigenvalue weighted by molar-refractivity contribution is 6.30. The molecule has 1 aliphatic heterocycles. The molecule has 0 aliphatic carbocycles. The molecule has 0 N–H and O–H groups in total. The highest BCUT2D eigenvalue weighted by Gasteiger charge is 2.43. The van der Waals surface area contributed by atoms with Crippen molar-refractivity contribution in [3.63, 3.8) is 0 Å². The van der Waals surface area contributed by atoms with Gasteiger partial charge in [0.15, 0.2) is 0 Å². The van der Waals surface area contributed by atoms with E-state index in [4.69, 9.17) is 16.3 Å². The van der Waals surface area contributed by atoms with Gasteiger partial charge in [0, 0.05) is 18.5 Å². The van der Waals surface area contributed by atoms with Crippen molar-refractivity contribution in [3.8, 4) is 5.75 Å². The number of benzene rings is 2. The number of hydrogen-bond acceptors (Lipinski definition) is 4. The predicted molar refractivity (Wildman–Crippen MR) is 102 cm³/mol. The van der Waals surface area contributed by atoms with Crippen LogP contribution in [0.25, 0.3) is 0 Å². The predicted octanol–water partition coefficient (Wildman–Crippen LogP) is 3.03. The molecule has 2 aromatic carbocycles. The number of rotatable bonds is 5. The highest BCUT2D eigenvalue weighted by atomic mass is 35.5. The zero-order chi connectivity index (χ0) is 19.6. The van der Waals surface area contributed by atoms with Crippen LogP contribution in [0.4, 0.5) is 5.69 Å². The van der Waals surface area contributed by atoms with Crippen molar-refractivity contribution in [2.24, 2.45) is 0 Å². The molecule has 2 aromatic rings. The molecule has 0 saturated carbocycles. The van der Waals surface area contributed by atoms with E-state index >= 15 is 0 Å². The SMILES string of the molecule is COc1ccc(CN(C(C)=O)[C@@H]2CC(=O)N(c3ccc(Cl)cc3)C2=O)cc1. The summed E-state index contributed by atoms with van der Waals surface area (Å²) in [7, 11) is 1.57. The van der Waals surface area contributed by atoms with Crippen molar-refractivity contribution >= 4 is 35.0 Å². The van der Waals surface area contributed by atoms with Crippen molar-refractivity contribution in [3.05, 3.63) is 59.1 Å². The Labute approximate surface area is 162 Å². The van der Waals surface area contributed by atoms with E-state index in [0.29, 0.717) is 16.5 Å². The minimum absolute atomic E-state index is 0.0444. The normalized spacial score (nSPS) is 16.6. The Balaban J connectivity index is 1.83. The molecule has 0 aromatic heterocycles. The molecule has 27 heavy (non-hydrogen) atoms. The zero-order valence-electron chi connectivity index (χ0n) is 15.0. The van der Waals surface area contributed by atoms with Crippen molar-refractivity contribution in [1.82, 2.24) is 4.90 Å². The van der Waals surface area contributed by atoms with E-state index in [9.17, 15) is 14.4 Å². The number of imide groups is 1. The quantitative estimate of drug-likeness (QED) is 0.741. The van der Waals surface area contributed by atoms with Crippen LogP contribution in [0.2, 0.25) is 5.02 Å². The Morgan fingerprint density at radius 2 is 1.78 bits per heavy atom. The maximum atomic E-state index is 12.9. The maximum absolute atomic E-state index is 12.9. The van der Waals surface area contributed by atoms with Crippen molar-refractivity contribution < 1.29 is 19.1 Å². The molecule has 7 heteroatoms. The number of carbonyl (C=O) groups excluding carboxylic acids is 3. The fourth-order valence-electron chi connectivity index (χ4n) is 3.09. The summed E-state index contributed by atoms with van der Waals surface area (Å²) in [6.07, 6.45) is -0.0444. The Hall–Kier alpha value is -2.86. The third-order valence-electron chi connectivity index (χ3n) is 4.50. The smallest absolute Gasteiger partial charge is 0.257 e. The molecule has 1 saturated heterocycles. The number of hydrogen-bond donors (Lipinski definition) is 0. The molecule has 140 valence electrons. The average molecular weight is 387 g/mol. The van der Waals surface area contributed by atoms with Crippen LogP contribution in [0.1, 0.15) is 18.9 Å². The number of anilines is 1. The number of ether oxygens (including phenoxy) is 1. The second-order valence-electron chi connectivity index (χ2n) is 6.26. The molecule has 3 amide bonds. The van der Waals surface area contributed by atoms with Gasteiger partial charge in [-0.1, -0.05) is 23.7 Å². The van der Waals surface area contributed by atoms with E-state index in [1.54, 1.807) is 43.5 Å². The minimum atomic E-state index is -0.826. The van der Waals surface area contributed by atoms with Crippen LogP contribution in [-0.4, -0.2) is 35.8 Å². The first kappa shape index (κ1) is 18.9. The summed E-state index contributed by atoms with van der Waals surface area (Å²) < 4.78 is 5.13. The van der Waals surface area contributed by atoms with Crippen LogP contribution in [0.5, 0.6) is 5.75 Å². The van der Waals surface area contributed by atoms with Gasteiger partial charge in [0.2, 0.25) is 11.8 Å². The summed E-state index contributed by atoms with van der Waals surface area (Å²) in [5.41, 5.74) is 1.29. The molecule has 0 radical (unpaired) electrons. The lowest BCUT2D eigenvalue weighted by atomic mass is 10.1. The van der Waals surface area contributed by atoms with E-state index in [-0.39, 0.29) is 24.8 Å². The molecule has 0 unspecified atom stereocenters. The molecule has 0 spiro atoms. The maximum Gasteiger partial charge on any atom is 0.257 e. The summed E-state index contributed by atoms with van der Waals surface area (Å²) in [5, 5.41) is 0.513. The standard InChI is InChI=1S/C20H19ClN2O4/c1-13(24)22(12-14-3-9-17(27-2)10-4-14)18-11-19(25)23(20(18)26)16-7-5-15(21)6-8-16/h3-10,18H,11-12H2,1-2H3/t18-/m1/s1. The van der Waals surface area contributed by atoms with Gasteiger partial charge in [-0.05, 0) is 42.0 Å². The zero-order valence-corrected chi connectivity index (χ0v) is 15.8. The van der Waals surface area contributed by atoms with Crippen LogP contribution in [0.3, 0.4) is 0 Å². The number of carbonyl (C=O) groups is 3. The minimum Gasteiger partial charge on any atom is -0.497 e. The van der Waals surface area contributed by atoms with E-state index in [1.165, 1.54) is 11.8 Å². The second-order valence-corrected chi connectivity index (χ2v) is 6.70. The van der Waals surface area contributed by atoms with Gasteiger partial charge in [0.25, 0.3) is 5.91 Å². The van der Waals surface area contributed by atoms with Gasteiger partial charge in [-0.15, -0.1) is 0 Å². The van der Waals surface area contributed by atoms with E-state index in [1.807, 2.05) is 12.1 Å². The van der Waals surface area contributed by atoms with E-state index < -0.39 is 11.9 Å². The largest absolute Gasteiger partial charge is 0.497 e. The Kier molecular flexibility index (Phi) is 5.46. The molecule has 1 aliphatic rings. The Morgan fingerprint density at radius 1 is 1.15 bits per heavy atom. The van der Waals surface area contributed by atoms with Crippen LogP contribution >= 0.6 is 11.6 Å². The number of halogens is 1. The monoisotopic (exact) mass is 386 g/mol. The summed E-state index contributed by atoms with van der Waals surface area (Å²) in [4.78, 5) is 40.1. The average Bonchev–Trinajstić information content (AvgIpc) is 2.95. The van der Waals surface area contributed by atoms with Gasteiger partial charge < -0.3 is 9.64 Å². The van der Waals surface area contributed by atoms with Gasteiger partial charge in [-0.3, -0.25) is 14.4 Å². The number of amides is 3. The molecular weight excluding hydrogens is 368 g/mol. The van der Waals surface area contributed by atoms with Gasteiger partial charge in [-0.2, -0.15) is 0 Å². The molecular formula is C20H19ClN2O4. The summed E-state index contributed by atoms with van der Waals surface area (Å²) in [6, 6.07) is 12.9. The molecule has 1 atom stereocenters. The lowest BCUT2D eigenvalue weighted by Crippen LogP contribution is -2.44. The van der Waals surface area contributed by atoms with Crippen LogP contribution in [0.15, 0.2) is 48.5 Å². The van der Waals surface area contributed by atoms with Crippen LogP contribution in [-0.2, 0) is 20.9 Å². The molecule has 0 bridgehead atoms. The fraction of sp³-hybridized carbons (Fsp3) is 0.250. The van der Waals surface area contributed by atoms with Gasteiger partial charge in [-0.25, -0.2) is 4.90 Å². The van der Waals surface area contributed by atoms with Gasteiger partial charge in [0.05, 0.1) is 19.2 Å². The molecule has 3 rings (SSSR count). The number of nitrogens with zero attached hydrogens (tertiary/aromatic N) is 2. The van der Waals surface area contributed by atoms with E-state index in [0.717, 1.165) is 10.5 Å². The Morgan fingerprint density at radius 3 is 2.33 bits per heavy atom. The second kappa shape index (κ2) is 7.80. The van der Waals surface area contributed by atoms with Crippen LogP contribution in [0, 0.1) is 0 Å².